The summed E-state index contributed by atoms with van der Waals surface area (Å²) >= 11 is 4.91. The average molecular weight is 377 g/mol. The van der Waals surface area contributed by atoms with Gasteiger partial charge in [0.1, 0.15) is 0 Å². The molecule has 0 atom stereocenters. The Balaban J connectivity index is 1.81. The number of carbonyl (C=O) groups excluding carboxylic acids is 2. The van der Waals surface area contributed by atoms with Crippen LogP contribution in [0, 0.1) is 6.92 Å². The monoisotopic (exact) mass is 376 g/mol. The number of aryl methyl sites for hydroxylation is 1. The molecule has 3 rings (SSSR count). The van der Waals surface area contributed by atoms with E-state index in [2.05, 4.69) is 26.6 Å². The Labute approximate surface area is 140 Å². The van der Waals surface area contributed by atoms with Crippen molar-refractivity contribution in [1.29, 1.82) is 0 Å². The van der Waals surface area contributed by atoms with Crippen LogP contribution >= 0.6 is 27.7 Å². The van der Waals surface area contributed by atoms with Gasteiger partial charge >= 0.3 is 0 Å². The summed E-state index contributed by atoms with van der Waals surface area (Å²) in [5.74, 6) is 0.171. The number of anilines is 2. The normalized spacial score (nSPS) is 13.3. The maximum absolute atomic E-state index is 12.3. The summed E-state index contributed by atoms with van der Waals surface area (Å²) in [6.45, 7) is 1.96. The summed E-state index contributed by atoms with van der Waals surface area (Å²) in [7, 11) is 0. The molecular formula is C16H13BrN2O2S. The maximum Gasteiger partial charge on any atom is 0.255 e. The Kier molecular flexibility index (Phi) is 4.22. The second-order valence-electron chi connectivity index (χ2n) is 4.97. The van der Waals surface area contributed by atoms with Gasteiger partial charge in [0, 0.05) is 20.6 Å². The Morgan fingerprint density at radius 3 is 2.86 bits per heavy atom. The number of carbonyl (C=O) groups is 2. The first-order valence-corrected chi connectivity index (χ1v) is 8.45. The molecule has 2 N–H and O–H groups in total. The van der Waals surface area contributed by atoms with Crippen LogP contribution in [0.3, 0.4) is 0 Å². The predicted molar refractivity (Wildman–Crippen MR) is 92.6 cm³/mol. The first kappa shape index (κ1) is 15.1. The lowest BCUT2D eigenvalue weighted by molar-refractivity contribution is -0.113. The summed E-state index contributed by atoms with van der Waals surface area (Å²) in [5.41, 5.74) is 3.00. The molecule has 1 aliphatic heterocycles. The van der Waals surface area contributed by atoms with Gasteiger partial charge in [0.25, 0.3) is 5.91 Å². The van der Waals surface area contributed by atoms with Crippen molar-refractivity contribution < 1.29 is 9.59 Å². The third kappa shape index (κ3) is 3.18. The van der Waals surface area contributed by atoms with Crippen LogP contribution in [-0.4, -0.2) is 17.6 Å². The highest BCUT2D eigenvalue weighted by molar-refractivity contribution is 9.10. The lowest BCUT2D eigenvalue weighted by Gasteiger charge is -2.17. The molecule has 1 heterocycles. The van der Waals surface area contributed by atoms with Crippen molar-refractivity contribution in [2.75, 3.05) is 16.4 Å². The molecule has 0 aliphatic carbocycles. The zero-order valence-electron chi connectivity index (χ0n) is 11.8. The van der Waals surface area contributed by atoms with Gasteiger partial charge in [0.15, 0.2) is 0 Å². The van der Waals surface area contributed by atoms with Crippen LogP contribution in [0.2, 0.25) is 0 Å². The van der Waals surface area contributed by atoms with Gasteiger partial charge in [-0.25, -0.2) is 0 Å². The molecular weight excluding hydrogens is 364 g/mol. The fourth-order valence-electron chi connectivity index (χ4n) is 2.15. The van der Waals surface area contributed by atoms with Gasteiger partial charge in [-0.1, -0.05) is 15.9 Å². The Bertz CT molecular complexity index is 777. The van der Waals surface area contributed by atoms with Gasteiger partial charge in [0.05, 0.1) is 11.4 Å². The minimum absolute atomic E-state index is 0.0430. The Morgan fingerprint density at radius 2 is 2.09 bits per heavy atom. The third-order valence-electron chi connectivity index (χ3n) is 3.29. The number of nitrogens with one attached hydrogen (secondary N) is 2. The van der Waals surface area contributed by atoms with Gasteiger partial charge in [-0.2, -0.15) is 0 Å². The second-order valence-corrected chi connectivity index (χ2v) is 6.84. The van der Waals surface area contributed by atoms with Crippen LogP contribution in [0.25, 0.3) is 0 Å². The summed E-state index contributed by atoms with van der Waals surface area (Å²) in [6, 6.07) is 11.0. The molecule has 4 nitrogen and oxygen atoms in total. The van der Waals surface area contributed by atoms with Crippen molar-refractivity contribution in [3.8, 4) is 0 Å². The van der Waals surface area contributed by atoms with Crippen LogP contribution in [0.15, 0.2) is 45.8 Å². The molecule has 0 fully saturated rings. The van der Waals surface area contributed by atoms with Crippen molar-refractivity contribution in [3.63, 3.8) is 0 Å². The van der Waals surface area contributed by atoms with Gasteiger partial charge in [-0.15, -0.1) is 11.8 Å². The second kappa shape index (κ2) is 6.14. The van der Waals surface area contributed by atoms with E-state index >= 15 is 0 Å². The van der Waals surface area contributed by atoms with Crippen LogP contribution in [0.1, 0.15) is 15.9 Å². The molecule has 0 saturated heterocycles. The molecule has 112 valence electrons. The smallest absolute Gasteiger partial charge is 0.255 e. The van der Waals surface area contributed by atoms with Crippen molar-refractivity contribution in [2.24, 2.45) is 0 Å². The molecule has 0 aromatic heterocycles. The Morgan fingerprint density at radius 1 is 1.27 bits per heavy atom. The van der Waals surface area contributed by atoms with Crippen molar-refractivity contribution >= 4 is 50.9 Å². The third-order valence-corrected chi connectivity index (χ3v) is 5.25. The van der Waals surface area contributed by atoms with Crippen LogP contribution in [0.4, 0.5) is 11.4 Å². The average Bonchev–Trinajstić information content (AvgIpc) is 2.50. The predicted octanol–water partition coefficient (Wildman–Crippen LogP) is 4.05. The fraction of sp³-hybridized carbons (Fsp3) is 0.125. The van der Waals surface area contributed by atoms with E-state index in [0.29, 0.717) is 17.0 Å². The highest BCUT2D eigenvalue weighted by Gasteiger charge is 2.17. The van der Waals surface area contributed by atoms with Crippen molar-refractivity contribution in [3.05, 3.63) is 52.0 Å². The largest absolute Gasteiger partial charge is 0.324 e. The number of amides is 2. The summed E-state index contributed by atoms with van der Waals surface area (Å²) in [4.78, 5) is 24.7. The lowest BCUT2D eigenvalue weighted by atomic mass is 10.1. The molecule has 1 aliphatic rings. The summed E-state index contributed by atoms with van der Waals surface area (Å²) < 4.78 is 0.999. The minimum atomic E-state index is -0.200. The number of hydrogen-bond acceptors (Lipinski definition) is 3. The SMILES string of the molecule is Cc1cc(NC(=O)c2ccc3c(c2)NC(=O)CS3)ccc1Br. The molecule has 0 saturated carbocycles. The molecule has 6 heteroatoms. The summed E-state index contributed by atoms with van der Waals surface area (Å²) in [5, 5.41) is 5.65. The zero-order chi connectivity index (χ0) is 15.7. The molecule has 2 aromatic carbocycles. The lowest BCUT2D eigenvalue weighted by Crippen LogP contribution is -2.19. The summed E-state index contributed by atoms with van der Waals surface area (Å²) in [6.07, 6.45) is 0. The highest BCUT2D eigenvalue weighted by atomic mass is 79.9. The van der Waals surface area contributed by atoms with E-state index in [1.807, 2.05) is 31.2 Å². The van der Waals surface area contributed by atoms with Gasteiger partial charge in [0.2, 0.25) is 5.91 Å². The standard InChI is InChI=1S/C16H13BrN2O2S/c1-9-6-11(3-4-12(9)17)18-16(21)10-2-5-14-13(7-10)19-15(20)8-22-14/h2-7H,8H2,1H3,(H,18,21)(H,19,20). The zero-order valence-corrected chi connectivity index (χ0v) is 14.2. The van der Waals surface area contributed by atoms with E-state index in [4.69, 9.17) is 0 Å². The number of thioether (sulfide) groups is 1. The Hall–Kier alpha value is -1.79. The quantitative estimate of drug-likeness (QED) is 0.830. The maximum atomic E-state index is 12.3. The minimum Gasteiger partial charge on any atom is -0.324 e. The van der Waals surface area contributed by atoms with Crippen LogP contribution in [-0.2, 0) is 4.79 Å². The highest BCUT2D eigenvalue weighted by Crippen LogP contribution is 2.32. The van der Waals surface area contributed by atoms with E-state index in [-0.39, 0.29) is 11.8 Å². The van der Waals surface area contributed by atoms with Crippen molar-refractivity contribution in [2.45, 2.75) is 11.8 Å². The van der Waals surface area contributed by atoms with Crippen LogP contribution < -0.4 is 10.6 Å². The number of fused-ring (bicyclic) bond motifs is 1. The van der Waals surface area contributed by atoms with E-state index < -0.39 is 0 Å². The van der Waals surface area contributed by atoms with Gasteiger partial charge in [-0.3, -0.25) is 9.59 Å². The molecule has 0 spiro atoms. The van der Waals surface area contributed by atoms with Gasteiger partial charge < -0.3 is 10.6 Å². The fourth-order valence-corrected chi connectivity index (χ4v) is 3.19. The van der Waals surface area contributed by atoms with E-state index in [9.17, 15) is 9.59 Å². The first-order chi connectivity index (χ1) is 10.5. The molecule has 22 heavy (non-hydrogen) atoms. The molecule has 0 bridgehead atoms. The van der Waals surface area contributed by atoms with Crippen molar-refractivity contribution in [1.82, 2.24) is 0 Å². The molecule has 0 unspecified atom stereocenters. The molecule has 2 amide bonds. The van der Waals surface area contributed by atoms with E-state index in [1.165, 1.54) is 11.8 Å². The van der Waals surface area contributed by atoms with E-state index in [0.717, 1.165) is 20.6 Å². The molecule has 0 radical (unpaired) electrons. The van der Waals surface area contributed by atoms with E-state index in [1.54, 1.807) is 12.1 Å². The first-order valence-electron chi connectivity index (χ1n) is 6.67. The molecule has 2 aromatic rings. The topological polar surface area (TPSA) is 58.2 Å². The van der Waals surface area contributed by atoms with Crippen LogP contribution in [0.5, 0.6) is 0 Å². The number of hydrogen-bond donors (Lipinski definition) is 2. The number of halogens is 1. The number of rotatable bonds is 2. The number of benzene rings is 2. The van der Waals surface area contributed by atoms with Gasteiger partial charge in [-0.05, 0) is 48.9 Å².